The average molecular weight is 243 g/mol. The summed E-state index contributed by atoms with van der Waals surface area (Å²) in [4.78, 5) is 13.4. The first-order chi connectivity index (χ1) is 8.08. The summed E-state index contributed by atoms with van der Waals surface area (Å²) >= 11 is 0. The van der Waals surface area contributed by atoms with Crippen molar-refractivity contribution in [2.75, 3.05) is 20.1 Å². The number of carboxylic acid groups (broad SMARTS) is 1. The van der Waals surface area contributed by atoms with Crippen LogP contribution in [0.5, 0.6) is 0 Å². The fourth-order valence-electron chi connectivity index (χ4n) is 3.47. The van der Waals surface area contributed by atoms with E-state index in [0.717, 1.165) is 25.8 Å². The van der Waals surface area contributed by atoms with Crippen molar-refractivity contribution < 1.29 is 14.3 Å². The molecular weight excluding hydrogens is 221 g/mol. The molecule has 1 unspecified atom stereocenters. The Labute approximate surface area is 102 Å². The van der Waals surface area contributed by atoms with Gasteiger partial charge in [-0.15, -0.1) is 0 Å². The lowest BCUT2D eigenvalue weighted by Crippen LogP contribution is -2.45. The highest BCUT2D eigenvalue weighted by Gasteiger charge is 2.39. The number of carbonyl (C=O) groups is 1. The Hall–Kier alpha value is -0.640. The fourth-order valence-corrected chi connectivity index (χ4v) is 3.47. The SMILES string of the molecule is CN1CCC(C2CCC(F)CC2)[C@H](C(=O)O)C1. The molecule has 0 radical (unpaired) electrons. The Kier molecular flexibility index (Phi) is 4.02. The lowest BCUT2D eigenvalue weighted by molar-refractivity contribution is -0.147. The van der Waals surface area contributed by atoms with Gasteiger partial charge in [0.25, 0.3) is 0 Å². The minimum Gasteiger partial charge on any atom is -0.481 e. The van der Waals surface area contributed by atoms with Gasteiger partial charge in [0.15, 0.2) is 0 Å². The van der Waals surface area contributed by atoms with Gasteiger partial charge in [-0.1, -0.05) is 0 Å². The van der Waals surface area contributed by atoms with Gasteiger partial charge in [-0.2, -0.15) is 0 Å². The van der Waals surface area contributed by atoms with E-state index in [0.29, 0.717) is 25.3 Å². The van der Waals surface area contributed by atoms with Crippen LogP contribution in [0.15, 0.2) is 0 Å². The van der Waals surface area contributed by atoms with Crippen LogP contribution in [0.3, 0.4) is 0 Å². The molecule has 0 amide bonds. The number of nitrogens with zero attached hydrogens (tertiary/aromatic N) is 1. The number of likely N-dealkylation sites (tertiary alicyclic amines) is 1. The van der Waals surface area contributed by atoms with E-state index in [1.54, 1.807) is 0 Å². The largest absolute Gasteiger partial charge is 0.481 e. The number of rotatable bonds is 2. The summed E-state index contributed by atoms with van der Waals surface area (Å²) in [5, 5.41) is 9.31. The molecule has 1 aliphatic heterocycles. The molecule has 0 aromatic rings. The van der Waals surface area contributed by atoms with E-state index in [4.69, 9.17) is 0 Å². The van der Waals surface area contributed by atoms with Gasteiger partial charge in [0.2, 0.25) is 0 Å². The fraction of sp³-hybridized carbons (Fsp3) is 0.923. The third-order valence-corrected chi connectivity index (χ3v) is 4.49. The van der Waals surface area contributed by atoms with Gasteiger partial charge in [-0.05, 0) is 57.5 Å². The molecule has 1 heterocycles. The van der Waals surface area contributed by atoms with Gasteiger partial charge < -0.3 is 10.0 Å². The number of halogens is 1. The normalized spacial score (nSPS) is 40.1. The predicted molar refractivity (Wildman–Crippen MR) is 63.6 cm³/mol. The number of piperidine rings is 1. The molecule has 2 rings (SSSR count). The molecule has 2 atom stereocenters. The van der Waals surface area contributed by atoms with Crippen molar-refractivity contribution in [3.05, 3.63) is 0 Å². The van der Waals surface area contributed by atoms with Crippen LogP contribution in [-0.4, -0.2) is 42.3 Å². The van der Waals surface area contributed by atoms with Crippen LogP contribution in [0.1, 0.15) is 32.1 Å². The van der Waals surface area contributed by atoms with E-state index in [9.17, 15) is 14.3 Å². The molecule has 3 nitrogen and oxygen atoms in total. The van der Waals surface area contributed by atoms with E-state index in [1.165, 1.54) is 0 Å². The summed E-state index contributed by atoms with van der Waals surface area (Å²) in [5.74, 6) is -0.244. The second-order valence-electron chi connectivity index (χ2n) is 5.67. The highest BCUT2D eigenvalue weighted by Crippen LogP contribution is 2.39. The predicted octanol–water partition coefficient (Wildman–Crippen LogP) is 2.17. The standard InChI is InChI=1S/C13H22FNO2/c1-15-7-6-11(12(8-15)13(16)17)9-2-4-10(14)5-3-9/h9-12H,2-8H2,1H3,(H,16,17)/t9?,10?,11?,12-/m1/s1. The molecule has 4 heteroatoms. The Morgan fingerprint density at radius 1 is 1.24 bits per heavy atom. The number of carboxylic acids is 1. The third kappa shape index (κ3) is 2.97. The Balaban J connectivity index is 2.00. The molecular formula is C13H22FNO2. The number of hydrogen-bond acceptors (Lipinski definition) is 2. The molecule has 17 heavy (non-hydrogen) atoms. The Bertz CT molecular complexity index is 277. The molecule has 2 aliphatic rings. The van der Waals surface area contributed by atoms with Crippen LogP contribution < -0.4 is 0 Å². The third-order valence-electron chi connectivity index (χ3n) is 4.49. The minimum atomic E-state index is -0.677. The summed E-state index contributed by atoms with van der Waals surface area (Å²) < 4.78 is 13.1. The molecule has 98 valence electrons. The maximum Gasteiger partial charge on any atom is 0.308 e. The first kappa shape index (κ1) is 12.8. The van der Waals surface area contributed by atoms with Crippen molar-refractivity contribution in [2.24, 2.45) is 17.8 Å². The molecule has 1 N–H and O–H groups in total. The molecule has 0 aromatic carbocycles. The summed E-state index contributed by atoms with van der Waals surface area (Å²) in [6.07, 6.45) is 3.31. The van der Waals surface area contributed by atoms with Crippen LogP contribution in [0.4, 0.5) is 4.39 Å². The van der Waals surface area contributed by atoms with Crippen LogP contribution >= 0.6 is 0 Å². The van der Waals surface area contributed by atoms with Crippen molar-refractivity contribution in [3.8, 4) is 0 Å². The van der Waals surface area contributed by atoms with Gasteiger partial charge in [0.1, 0.15) is 6.17 Å². The minimum absolute atomic E-state index is 0.255. The van der Waals surface area contributed by atoms with Crippen LogP contribution in [0.2, 0.25) is 0 Å². The van der Waals surface area contributed by atoms with E-state index in [-0.39, 0.29) is 11.8 Å². The highest BCUT2D eigenvalue weighted by molar-refractivity contribution is 5.70. The summed E-state index contributed by atoms with van der Waals surface area (Å²) in [6, 6.07) is 0. The van der Waals surface area contributed by atoms with Gasteiger partial charge in [0.05, 0.1) is 5.92 Å². The highest BCUT2D eigenvalue weighted by atomic mass is 19.1. The second kappa shape index (κ2) is 5.34. The molecule has 1 saturated carbocycles. The van der Waals surface area contributed by atoms with Gasteiger partial charge in [-0.3, -0.25) is 4.79 Å². The summed E-state index contributed by atoms with van der Waals surface area (Å²) in [6.45, 7) is 1.62. The Morgan fingerprint density at radius 3 is 2.47 bits per heavy atom. The average Bonchev–Trinajstić information content (AvgIpc) is 2.30. The number of hydrogen-bond donors (Lipinski definition) is 1. The van der Waals surface area contributed by atoms with Crippen molar-refractivity contribution in [2.45, 2.75) is 38.3 Å². The number of aliphatic carboxylic acids is 1. The first-order valence-electron chi connectivity index (χ1n) is 6.63. The zero-order valence-electron chi connectivity index (χ0n) is 10.4. The van der Waals surface area contributed by atoms with E-state index in [1.807, 2.05) is 7.05 Å². The molecule has 1 saturated heterocycles. The first-order valence-corrected chi connectivity index (χ1v) is 6.63. The molecule has 0 spiro atoms. The van der Waals surface area contributed by atoms with E-state index in [2.05, 4.69) is 4.90 Å². The summed E-state index contributed by atoms with van der Waals surface area (Å²) in [7, 11) is 1.98. The van der Waals surface area contributed by atoms with Crippen LogP contribution in [0, 0.1) is 17.8 Å². The molecule has 0 aromatic heterocycles. The van der Waals surface area contributed by atoms with Crippen molar-refractivity contribution >= 4 is 5.97 Å². The van der Waals surface area contributed by atoms with Crippen molar-refractivity contribution in [1.29, 1.82) is 0 Å². The summed E-state index contributed by atoms with van der Waals surface area (Å²) in [5.41, 5.74) is 0. The topological polar surface area (TPSA) is 40.5 Å². The number of alkyl halides is 1. The lowest BCUT2D eigenvalue weighted by Gasteiger charge is -2.40. The van der Waals surface area contributed by atoms with Crippen molar-refractivity contribution in [1.82, 2.24) is 4.90 Å². The molecule has 2 fully saturated rings. The second-order valence-corrected chi connectivity index (χ2v) is 5.67. The zero-order valence-corrected chi connectivity index (χ0v) is 10.4. The maximum absolute atomic E-state index is 13.1. The van der Waals surface area contributed by atoms with Gasteiger partial charge in [-0.25, -0.2) is 4.39 Å². The maximum atomic E-state index is 13.1. The lowest BCUT2D eigenvalue weighted by atomic mass is 9.70. The van der Waals surface area contributed by atoms with Gasteiger partial charge >= 0.3 is 5.97 Å². The van der Waals surface area contributed by atoms with Crippen LogP contribution in [-0.2, 0) is 4.79 Å². The molecule has 0 bridgehead atoms. The van der Waals surface area contributed by atoms with Gasteiger partial charge in [0, 0.05) is 6.54 Å². The smallest absolute Gasteiger partial charge is 0.308 e. The van der Waals surface area contributed by atoms with E-state index < -0.39 is 12.1 Å². The molecule has 1 aliphatic carbocycles. The van der Waals surface area contributed by atoms with Crippen LogP contribution in [0.25, 0.3) is 0 Å². The quantitative estimate of drug-likeness (QED) is 0.808. The zero-order chi connectivity index (χ0) is 12.4. The monoisotopic (exact) mass is 243 g/mol. The Morgan fingerprint density at radius 2 is 1.88 bits per heavy atom. The van der Waals surface area contributed by atoms with Crippen molar-refractivity contribution in [3.63, 3.8) is 0 Å². The van der Waals surface area contributed by atoms with E-state index >= 15 is 0 Å².